The van der Waals surface area contributed by atoms with Gasteiger partial charge in [0.15, 0.2) is 9.54 Å². The Hall–Kier alpha value is 0.234. The van der Waals surface area contributed by atoms with E-state index in [0.717, 1.165) is 0 Å². The van der Waals surface area contributed by atoms with Crippen molar-refractivity contribution >= 4 is 75.0 Å². The van der Waals surface area contributed by atoms with Crippen LogP contribution in [0.1, 0.15) is 0 Å². The summed E-state index contributed by atoms with van der Waals surface area (Å²) < 4.78 is 8.27. The van der Waals surface area contributed by atoms with Gasteiger partial charge < -0.3 is 68.8 Å². The largest absolute Gasteiger partial charge is 0.762 e. The quantitative estimate of drug-likeness (QED) is 0.352. The molecule has 2 aromatic rings. The van der Waals surface area contributed by atoms with E-state index < -0.39 is 0 Å². The van der Waals surface area contributed by atoms with Gasteiger partial charge in [0.2, 0.25) is 0 Å². The van der Waals surface area contributed by atoms with Crippen molar-refractivity contribution < 1.29 is 16.5 Å². The molecule has 0 radical (unpaired) electrons. The molecular weight excluding hydrogens is 427 g/mol. The minimum Gasteiger partial charge on any atom is -0.762 e. The predicted octanol–water partition coefficient (Wildman–Crippen LogP) is 1.81. The third-order valence-electron chi connectivity index (χ3n) is 2.73. The van der Waals surface area contributed by atoms with Crippen molar-refractivity contribution in [2.24, 2.45) is 28.2 Å². The fourth-order valence-electron chi connectivity index (χ4n) is 1.37. The molecule has 4 nitrogen and oxygen atoms in total. The van der Waals surface area contributed by atoms with Gasteiger partial charge in [0.25, 0.3) is 0 Å². The first kappa shape index (κ1) is 21.2. The summed E-state index contributed by atoms with van der Waals surface area (Å²) in [5, 5.41) is 2.56. The van der Waals surface area contributed by atoms with Gasteiger partial charge >= 0.3 is 0 Å². The zero-order chi connectivity index (χ0) is 15.8. The van der Waals surface area contributed by atoms with Gasteiger partial charge in [-0.15, -0.1) is 20.1 Å². The van der Waals surface area contributed by atoms with Crippen molar-refractivity contribution in [2.75, 3.05) is 0 Å². The van der Waals surface area contributed by atoms with E-state index in [4.69, 9.17) is 75.0 Å². The van der Waals surface area contributed by atoms with Crippen molar-refractivity contribution in [3.8, 4) is 0 Å². The second-order valence-corrected chi connectivity index (χ2v) is 6.30. The van der Waals surface area contributed by atoms with Gasteiger partial charge in [-0.05, 0) is 24.4 Å². The van der Waals surface area contributed by atoms with Crippen LogP contribution in [-0.2, 0) is 95.2 Å². The van der Waals surface area contributed by atoms with Crippen LogP contribution in [0.4, 0.5) is 0 Å². The number of rotatable bonds is 0. The van der Waals surface area contributed by atoms with E-state index in [1.807, 2.05) is 28.2 Å². The zero-order valence-corrected chi connectivity index (χ0v) is 17.4. The molecule has 0 amide bonds. The van der Waals surface area contributed by atoms with Crippen molar-refractivity contribution in [3.63, 3.8) is 0 Å². The second kappa shape index (κ2) is 8.19. The summed E-state index contributed by atoms with van der Waals surface area (Å²) in [7, 11) is 7.28. The van der Waals surface area contributed by atoms with Crippen LogP contribution in [-0.4, -0.2) is 18.3 Å². The SMILES string of the molecule is Cn1c([S-])c([S-])n(C)c1=S.Cn1c([S-])c([S-])n(C)c1=S.[Ni]. The molecule has 2 aromatic heterocycles. The van der Waals surface area contributed by atoms with Crippen LogP contribution in [0.25, 0.3) is 0 Å². The Morgan fingerprint density at radius 2 is 0.714 bits per heavy atom. The van der Waals surface area contributed by atoms with E-state index in [9.17, 15) is 0 Å². The maximum absolute atomic E-state index is 5.00. The molecule has 0 aliphatic carbocycles. The molecule has 0 N–H and O–H groups in total. The van der Waals surface area contributed by atoms with Crippen LogP contribution < -0.4 is 0 Å². The van der Waals surface area contributed by atoms with Gasteiger partial charge in [0, 0.05) is 44.7 Å². The Morgan fingerprint density at radius 1 is 0.571 bits per heavy atom. The molecule has 2 rings (SSSR count). The molecule has 21 heavy (non-hydrogen) atoms. The first-order chi connectivity index (χ1) is 9.11. The Balaban J connectivity index is 0.000000364. The molecule has 0 bridgehead atoms. The summed E-state index contributed by atoms with van der Waals surface area (Å²) in [5.74, 6) is 0. The molecule has 2 heterocycles. The fraction of sp³-hybridized carbons (Fsp3) is 0.400. The average molecular weight is 439 g/mol. The molecule has 0 aliphatic heterocycles. The van der Waals surface area contributed by atoms with E-state index in [1.165, 1.54) is 0 Å². The molecule has 0 saturated carbocycles. The number of nitrogens with zero attached hydrogens (tertiary/aromatic N) is 4. The summed E-state index contributed by atoms with van der Waals surface area (Å²) in [6, 6.07) is 0. The summed E-state index contributed by atoms with van der Waals surface area (Å²) in [4.78, 5) is 0. The molecule has 122 valence electrons. The van der Waals surface area contributed by atoms with Crippen LogP contribution in [0.5, 0.6) is 0 Å². The van der Waals surface area contributed by atoms with E-state index >= 15 is 0 Å². The molecule has 0 aromatic carbocycles. The van der Waals surface area contributed by atoms with Crippen molar-refractivity contribution in [1.29, 1.82) is 0 Å². The number of hydrogen-bond donors (Lipinski definition) is 0. The van der Waals surface area contributed by atoms with E-state index in [-0.39, 0.29) is 16.5 Å². The number of aromatic nitrogens is 4. The first-order valence-electron chi connectivity index (χ1n) is 5.30. The van der Waals surface area contributed by atoms with E-state index in [1.54, 1.807) is 18.3 Å². The van der Waals surface area contributed by atoms with E-state index in [0.29, 0.717) is 29.6 Å². The smallest absolute Gasteiger partial charge is 0.176 e. The zero-order valence-electron chi connectivity index (χ0n) is 11.6. The Bertz CT molecular complexity index is 632. The molecule has 11 heteroatoms. The van der Waals surface area contributed by atoms with Crippen LogP contribution in [0.2, 0.25) is 0 Å². The van der Waals surface area contributed by atoms with Crippen molar-refractivity contribution in [1.82, 2.24) is 18.3 Å². The molecular formula is C10H12N4NiS6-4. The Morgan fingerprint density at radius 3 is 0.762 bits per heavy atom. The summed E-state index contributed by atoms with van der Waals surface area (Å²) in [6.45, 7) is 0. The van der Waals surface area contributed by atoms with Gasteiger partial charge in [0.05, 0.1) is 0 Å². The monoisotopic (exact) mass is 438 g/mol. The minimum atomic E-state index is 0. The van der Waals surface area contributed by atoms with Gasteiger partial charge in [-0.1, -0.05) is 0 Å². The summed E-state index contributed by atoms with van der Waals surface area (Å²) >= 11 is 29.9. The van der Waals surface area contributed by atoms with Gasteiger partial charge in [-0.2, -0.15) is 0 Å². The predicted molar refractivity (Wildman–Crippen MR) is 93.0 cm³/mol. The Kier molecular flexibility index (Phi) is 8.28. The maximum atomic E-state index is 5.00. The molecule has 0 atom stereocenters. The first-order valence-corrected chi connectivity index (χ1v) is 7.75. The molecule has 0 aliphatic rings. The number of imidazole rings is 2. The van der Waals surface area contributed by atoms with Crippen LogP contribution >= 0.6 is 24.4 Å². The third-order valence-corrected chi connectivity index (χ3v) is 5.95. The summed E-state index contributed by atoms with van der Waals surface area (Å²) in [6.07, 6.45) is 0. The van der Waals surface area contributed by atoms with E-state index in [2.05, 4.69) is 0 Å². The standard InChI is InChI=1S/2C5H8N2S3.Ni/c2*1-6-3(8)4(9)7(2)5(6)10;/h2*8-9H,1-2H3;/p-4. The van der Waals surface area contributed by atoms with Gasteiger partial charge in [0.1, 0.15) is 0 Å². The molecule has 0 fully saturated rings. The van der Waals surface area contributed by atoms with Crippen molar-refractivity contribution in [2.45, 2.75) is 20.1 Å². The van der Waals surface area contributed by atoms with Crippen LogP contribution in [0.15, 0.2) is 20.1 Å². The Labute approximate surface area is 166 Å². The minimum absolute atomic E-state index is 0. The molecule has 0 unspecified atom stereocenters. The number of hydrogen-bond acceptors (Lipinski definition) is 6. The topological polar surface area (TPSA) is 19.7 Å². The normalized spacial score (nSPS) is 9.71. The van der Waals surface area contributed by atoms with Crippen LogP contribution in [0, 0.1) is 9.54 Å². The average Bonchev–Trinajstić information content (AvgIpc) is 2.71. The third kappa shape index (κ3) is 4.16. The van der Waals surface area contributed by atoms with Crippen LogP contribution in [0.3, 0.4) is 0 Å². The maximum Gasteiger partial charge on any atom is 0.176 e. The molecule has 0 spiro atoms. The fourth-order valence-corrected chi connectivity index (χ4v) is 2.86. The van der Waals surface area contributed by atoms with Gasteiger partial charge in [-0.3, -0.25) is 0 Å². The van der Waals surface area contributed by atoms with Crippen molar-refractivity contribution in [3.05, 3.63) is 9.54 Å². The summed E-state index contributed by atoms with van der Waals surface area (Å²) in [5.41, 5.74) is 0. The van der Waals surface area contributed by atoms with Gasteiger partial charge in [-0.25, -0.2) is 0 Å². The molecule has 0 saturated heterocycles. The second-order valence-electron chi connectivity index (χ2n) is 4.02.